The van der Waals surface area contributed by atoms with Crippen molar-refractivity contribution in [3.05, 3.63) is 40.2 Å². The van der Waals surface area contributed by atoms with E-state index in [-0.39, 0.29) is 17.9 Å². The number of nitrogens with zero attached hydrogens (tertiary/aromatic N) is 2. The zero-order chi connectivity index (χ0) is 14.7. The molecule has 0 fully saturated rings. The number of aliphatic imine (C=N–C) groups is 1. The summed E-state index contributed by atoms with van der Waals surface area (Å²) in [7, 11) is 1.59. The summed E-state index contributed by atoms with van der Waals surface area (Å²) in [4.78, 5) is 26.8. The Kier molecular flexibility index (Phi) is 3.84. The third-order valence-electron chi connectivity index (χ3n) is 2.88. The standard InChI is InChI=1S/C14H14N2O4/c1-3-20-14(19)15-8-10-12(17)9-6-4-5-7-11(9)16(2)13(10)18/h4-8,17H,3H2,1-2H3/b15-8+. The van der Waals surface area contributed by atoms with Gasteiger partial charge in [0.15, 0.2) is 0 Å². The minimum Gasteiger partial charge on any atom is -0.506 e. The lowest BCUT2D eigenvalue weighted by molar-refractivity contribution is 0.163. The van der Waals surface area contributed by atoms with Crippen LogP contribution in [-0.4, -0.2) is 28.6 Å². The van der Waals surface area contributed by atoms with Crippen molar-refractivity contribution in [1.82, 2.24) is 4.57 Å². The highest BCUT2D eigenvalue weighted by Crippen LogP contribution is 2.24. The minimum absolute atomic E-state index is 0.0424. The van der Waals surface area contributed by atoms with Gasteiger partial charge in [-0.1, -0.05) is 12.1 Å². The van der Waals surface area contributed by atoms with E-state index in [0.29, 0.717) is 10.9 Å². The summed E-state index contributed by atoms with van der Waals surface area (Å²) in [5, 5.41) is 10.7. The fourth-order valence-corrected chi connectivity index (χ4v) is 1.90. The van der Waals surface area contributed by atoms with E-state index in [1.54, 1.807) is 38.2 Å². The Hall–Kier alpha value is -2.63. The number of carbonyl (C=O) groups is 1. The number of amides is 1. The monoisotopic (exact) mass is 274 g/mol. The summed E-state index contributed by atoms with van der Waals surface area (Å²) < 4.78 is 6.02. The van der Waals surface area contributed by atoms with Crippen molar-refractivity contribution < 1.29 is 14.6 Å². The highest BCUT2D eigenvalue weighted by molar-refractivity contribution is 5.97. The molecule has 1 aromatic carbocycles. The quantitative estimate of drug-likeness (QED) is 0.847. The Bertz CT molecular complexity index is 747. The second-order valence-corrected chi connectivity index (χ2v) is 4.10. The zero-order valence-electron chi connectivity index (χ0n) is 11.2. The second kappa shape index (κ2) is 5.56. The molecule has 104 valence electrons. The Balaban J connectivity index is 2.60. The number of aromatic hydroxyl groups is 1. The number of carbonyl (C=O) groups excluding carboxylic acids is 1. The van der Waals surface area contributed by atoms with E-state index >= 15 is 0 Å². The lowest BCUT2D eigenvalue weighted by atomic mass is 10.1. The van der Waals surface area contributed by atoms with Crippen molar-refractivity contribution in [3.8, 4) is 5.75 Å². The van der Waals surface area contributed by atoms with E-state index < -0.39 is 11.7 Å². The number of ether oxygens (including phenoxy) is 1. The molecule has 0 unspecified atom stereocenters. The molecule has 0 aliphatic rings. The van der Waals surface area contributed by atoms with Crippen LogP contribution in [0.5, 0.6) is 5.75 Å². The first-order chi connectivity index (χ1) is 9.56. The van der Waals surface area contributed by atoms with Crippen LogP contribution in [0.15, 0.2) is 34.1 Å². The summed E-state index contributed by atoms with van der Waals surface area (Å²) in [5.74, 6) is -0.197. The summed E-state index contributed by atoms with van der Waals surface area (Å²) in [5.41, 5.74) is 0.122. The van der Waals surface area contributed by atoms with E-state index in [1.807, 2.05) is 0 Å². The summed E-state index contributed by atoms with van der Waals surface area (Å²) >= 11 is 0. The van der Waals surface area contributed by atoms with Crippen molar-refractivity contribution in [3.63, 3.8) is 0 Å². The molecular weight excluding hydrogens is 260 g/mol. The van der Waals surface area contributed by atoms with Gasteiger partial charge in [-0.3, -0.25) is 4.79 Å². The number of fused-ring (bicyclic) bond motifs is 1. The van der Waals surface area contributed by atoms with Crippen LogP contribution in [0.4, 0.5) is 4.79 Å². The van der Waals surface area contributed by atoms with Gasteiger partial charge in [-0.25, -0.2) is 4.79 Å². The fraction of sp³-hybridized carbons (Fsp3) is 0.214. The fourth-order valence-electron chi connectivity index (χ4n) is 1.90. The number of pyridine rings is 1. The van der Waals surface area contributed by atoms with Crippen molar-refractivity contribution in [2.45, 2.75) is 6.92 Å². The lowest BCUT2D eigenvalue weighted by Gasteiger charge is -2.08. The molecule has 1 N–H and O–H groups in total. The van der Waals surface area contributed by atoms with Crippen molar-refractivity contribution >= 4 is 23.2 Å². The highest BCUT2D eigenvalue weighted by atomic mass is 16.5. The molecule has 1 amide bonds. The maximum absolute atomic E-state index is 12.1. The molecule has 0 atom stereocenters. The molecule has 2 rings (SSSR count). The number of para-hydroxylation sites is 1. The van der Waals surface area contributed by atoms with E-state index in [1.165, 1.54) is 4.57 Å². The summed E-state index contributed by atoms with van der Waals surface area (Å²) in [6.45, 7) is 1.85. The van der Waals surface area contributed by atoms with Gasteiger partial charge in [0.1, 0.15) is 11.3 Å². The number of rotatable bonds is 2. The van der Waals surface area contributed by atoms with Gasteiger partial charge < -0.3 is 14.4 Å². The number of benzene rings is 1. The molecule has 20 heavy (non-hydrogen) atoms. The number of aromatic nitrogens is 1. The molecule has 1 heterocycles. The van der Waals surface area contributed by atoms with Gasteiger partial charge in [-0.05, 0) is 19.1 Å². The average molecular weight is 274 g/mol. The Morgan fingerprint density at radius 1 is 1.45 bits per heavy atom. The molecule has 0 bridgehead atoms. The van der Waals surface area contributed by atoms with E-state index in [2.05, 4.69) is 9.73 Å². The Morgan fingerprint density at radius 3 is 2.85 bits per heavy atom. The van der Waals surface area contributed by atoms with Crippen molar-refractivity contribution in [1.29, 1.82) is 0 Å². The zero-order valence-corrected chi connectivity index (χ0v) is 11.2. The predicted molar refractivity (Wildman–Crippen MR) is 75.5 cm³/mol. The first-order valence-electron chi connectivity index (χ1n) is 6.07. The van der Waals surface area contributed by atoms with Gasteiger partial charge >= 0.3 is 6.09 Å². The van der Waals surface area contributed by atoms with Crippen LogP contribution in [0.25, 0.3) is 10.9 Å². The van der Waals surface area contributed by atoms with Crippen LogP contribution in [0.3, 0.4) is 0 Å². The van der Waals surface area contributed by atoms with E-state index in [9.17, 15) is 14.7 Å². The molecular formula is C14H14N2O4. The van der Waals surface area contributed by atoms with Crippen LogP contribution < -0.4 is 5.56 Å². The average Bonchev–Trinajstić information content (AvgIpc) is 2.45. The van der Waals surface area contributed by atoms with Crippen LogP contribution in [-0.2, 0) is 11.8 Å². The molecule has 6 heteroatoms. The molecule has 0 aliphatic carbocycles. The molecule has 1 aromatic heterocycles. The van der Waals surface area contributed by atoms with Gasteiger partial charge in [0, 0.05) is 12.4 Å². The molecule has 2 aromatic rings. The van der Waals surface area contributed by atoms with Gasteiger partial charge in [0.25, 0.3) is 5.56 Å². The lowest BCUT2D eigenvalue weighted by Crippen LogP contribution is -2.21. The van der Waals surface area contributed by atoms with Crippen molar-refractivity contribution in [2.24, 2.45) is 12.0 Å². The van der Waals surface area contributed by atoms with Gasteiger partial charge in [-0.15, -0.1) is 0 Å². The maximum atomic E-state index is 12.1. The van der Waals surface area contributed by atoms with Crippen LogP contribution >= 0.6 is 0 Å². The number of hydrogen-bond donors (Lipinski definition) is 1. The third-order valence-corrected chi connectivity index (χ3v) is 2.88. The Labute approximate surface area is 114 Å². The molecule has 0 radical (unpaired) electrons. The van der Waals surface area contributed by atoms with Crippen LogP contribution in [0.2, 0.25) is 0 Å². The first-order valence-corrected chi connectivity index (χ1v) is 6.07. The second-order valence-electron chi connectivity index (χ2n) is 4.10. The smallest absolute Gasteiger partial charge is 0.433 e. The van der Waals surface area contributed by atoms with E-state index in [0.717, 1.165) is 6.21 Å². The number of hydrogen-bond acceptors (Lipinski definition) is 4. The van der Waals surface area contributed by atoms with Crippen LogP contribution in [0, 0.1) is 0 Å². The van der Waals surface area contributed by atoms with Gasteiger partial charge in [0.05, 0.1) is 18.3 Å². The third kappa shape index (κ3) is 2.40. The summed E-state index contributed by atoms with van der Waals surface area (Å²) in [6.07, 6.45) is 0.226. The maximum Gasteiger partial charge on any atom is 0.433 e. The van der Waals surface area contributed by atoms with Crippen molar-refractivity contribution in [2.75, 3.05) is 6.61 Å². The minimum atomic E-state index is -0.804. The SMILES string of the molecule is CCOC(=O)/N=C/c1c(O)c2ccccc2n(C)c1=O. The topological polar surface area (TPSA) is 80.9 Å². The van der Waals surface area contributed by atoms with E-state index in [4.69, 9.17) is 0 Å². The predicted octanol–water partition coefficient (Wildman–Crippen LogP) is 1.82. The molecule has 0 saturated heterocycles. The molecule has 6 nitrogen and oxygen atoms in total. The largest absolute Gasteiger partial charge is 0.506 e. The highest BCUT2D eigenvalue weighted by Gasteiger charge is 2.13. The Morgan fingerprint density at radius 2 is 2.15 bits per heavy atom. The normalized spacial score (nSPS) is 11.1. The van der Waals surface area contributed by atoms with Gasteiger partial charge in [-0.2, -0.15) is 4.99 Å². The molecule has 0 saturated carbocycles. The van der Waals surface area contributed by atoms with Crippen LogP contribution in [0.1, 0.15) is 12.5 Å². The number of aryl methyl sites for hydroxylation is 1. The first kappa shape index (κ1) is 13.8. The molecule has 0 spiro atoms. The summed E-state index contributed by atoms with van der Waals surface area (Å²) in [6, 6.07) is 6.93. The van der Waals surface area contributed by atoms with Gasteiger partial charge in [0.2, 0.25) is 0 Å². The molecule has 0 aliphatic heterocycles.